The minimum absolute atomic E-state index is 0.374. The second kappa shape index (κ2) is 5.40. The van der Waals surface area contributed by atoms with Gasteiger partial charge in [-0.1, -0.05) is 6.92 Å². The lowest BCUT2D eigenvalue weighted by Gasteiger charge is -2.04. The molecule has 0 amide bonds. The van der Waals surface area contributed by atoms with Gasteiger partial charge in [0.1, 0.15) is 0 Å². The molecule has 0 aliphatic heterocycles. The number of rotatable bonds is 6. The lowest BCUT2D eigenvalue weighted by Crippen LogP contribution is -2.37. The summed E-state index contributed by atoms with van der Waals surface area (Å²) >= 11 is 1.50. The Bertz CT molecular complexity index is 347. The van der Waals surface area contributed by atoms with Crippen LogP contribution in [0.2, 0.25) is 0 Å². The number of aromatic nitrogens is 1. The molecule has 0 saturated carbocycles. The molecular formula is C7H13N3O2S2. The van der Waals surface area contributed by atoms with Gasteiger partial charge in [-0.2, -0.15) is 8.42 Å². The van der Waals surface area contributed by atoms with Gasteiger partial charge >= 0.3 is 0 Å². The molecule has 0 bridgehead atoms. The van der Waals surface area contributed by atoms with Crippen molar-refractivity contribution in [1.29, 1.82) is 0 Å². The predicted molar refractivity (Wildman–Crippen MR) is 56.4 cm³/mol. The molecule has 14 heavy (non-hydrogen) atoms. The highest BCUT2D eigenvalue weighted by atomic mass is 32.2. The van der Waals surface area contributed by atoms with E-state index < -0.39 is 10.2 Å². The van der Waals surface area contributed by atoms with E-state index in [1.54, 1.807) is 12.4 Å². The molecule has 1 heterocycles. The van der Waals surface area contributed by atoms with Crippen molar-refractivity contribution in [3.8, 4) is 0 Å². The number of hydrogen-bond acceptors (Lipinski definition) is 4. The van der Waals surface area contributed by atoms with Crippen LogP contribution in [0.25, 0.3) is 0 Å². The SMILES string of the molecule is CCNS(=O)(=O)NCCc1cscn1. The first-order chi connectivity index (χ1) is 6.64. The Labute approximate surface area is 87.7 Å². The van der Waals surface area contributed by atoms with Gasteiger partial charge in [0.2, 0.25) is 0 Å². The van der Waals surface area contributed by atoms with E-state index in [2.05, 4.69) is 14.4 Å². The zero-order valence-electron chi connectivity index (χ0n) is 7.86. The molecule has 1 rings (SSSR count). The average molecular weight is 235 g/mol. The van der Waals surface area contributed by atoms with Crippen LogP contribution in [0, 0.1) is 0 Å². The molecule has 5 nitrogen and oxygen atoms in total. The Morgan fingerprint density at radius 1 is 1.50 bits per heavy atom. The lowest BCUT2D eigenvalue weighted by atomic mass is 10.3. The van der Waals surface area contributed by atoms with Gasteiger partial charge in [-0.15, -0.1) is 11.3 Å². The third kappa shape index (κ3) is 4.14. The second-order valence-corrected chi connectivity index (χ2v) is 4.93. The van der Waals surface area contributed by atoms with Crippen LogP contribution < -0.4 is 9.44 Å². The van der Waals surface area contributed by atoms with Crippen LogP contribution in [-0.4, -0.2) is 26.5 Å². The first-order valence-corrected chi connectivity index (χ1v) is 6.68. The predicted octanol–water partition coefficient (Wildman–Crippen LogP) is 0.129. The molecule has 0 radical (unpaired) electrons. The van der Waals surface area contributed by atoms with Gasteiger partial charge in [0.25, 0.3) is 10.2 Å². The summed E-state index contributed by atoms with van der Waals surface area (Å²) in [5.41, 5.74) is 2.64. The Balaban J connectivity index is 2.28. The van der Waals surface area contributed by atoms with Crippen LogP contribution >= 0.6 is 11.3 Å². The van der Waals surface area contributed by atoms with Gasteiger partial charge in [-0.05, 0) is 0 Å². The molecule has 0 unspecified atom stereocenters. The van der Waals surface area contributed by atoms with Crippen LogP contribution in [0.3, 0.4) is 0 Å². The van der Waals surface area contributed by atoms with Gasteiger partial charge in [0.05, 0.1) is 11.2 Å². The lowest BCUT2D eigenvalue weighted by molar-refractivity contribution is 0.568. The standard InChI is InChI=1S/C7H13N3O2S2/c1-2-9-14(11,12)10-4-3-7-5-13-6-8-7/h5-6,9-10H,2-4H2,1H3. The number of nitrogens with one attached hydrogen (secondary N) is 2. The van der Waals surface area contributed by atoms with Crippen molar-refractivity contribution < 1.29 is 8.42 Å². The van der Waals surface area contributed by atoms with Crippen molar-refractivity contribution in [2.24, 2.45) is 0 Å². The van der Waals surface area contributed by atoms with E-state index in [4.69, 9.17) is 0 Å². The summed E-state index contributed by atoms with van der Waals surface area (Å²) in [5.74, 6) is 0. The third-order valence-corrected chi connectivity index (χ3v) is 3.38. The zero-order valence-corrected chi connectivity index (χ0v) is 9.49. The fraction of sp³-hybridized carbons (Fsp3) is 0.571. The van der Waals surface area contributed by atoms with E-state index in [1.807, 2.05) is 5.38 Å². The van der Waals surface area contributed by atoms with E-state index >= 15 is 0 Å². The highest BCUT2D eigenvalue weighted by molar-refractivity contribution is 7.87. The van der Waals surface area contributed by atoms with E-state index in [0.29, 0.717) is 19.5 Å². The molecule has 0 aliphatic rings. The summed E-state index contributed by atoms with van der Waals surface area (Å²) in [7, 11) is -3.31. The van der Waals surface area contributed by atoms with Crippen molar-refractivity contribution in [3.05, 3.63) is 16.6 Å². The zero-order chi connectivity index (χ0) is 10.4. The monoisotopic (exact) mass is 235 g/mol. The molecule has 0 aliphatic carbocycles. The molecular weight excluding hydrogens is 222 g/mol. The van der Waals surface area contributed by atoms with Crippen molar-refractivity contribution >= 4 is 21.5 Å². The fourth-order valence-corrected chi connectivity index (χ4v) is 2.36. The van der Waals surface area contributed by atoms with E-state index in [1.165, 1.54) is 11.3 Å². The van der Waals surface area contributed by atoms with Gasteiger partial charge in [-0.3, -0.25) is 0 Å². The van der Waals surface area contributed by atoms with Crippen LogP contribution in [-0.2, 0) is 16.6 Å². The fourth-order valence-electron chi connectivity index (χ4n) is 0.916. The molecule has 0 saturated heterocycles. The summed E-state index contributed by atoms with van der Waals surface area (Å²) in [6, 6.07) is 0. The molecule has 1 aromatic rings. The molecule has 7 heteroatoms. The third-order valence-electron chi connectivity index (χ3n) is 1.49. The molecule has 0 atom stereocenters. The van der Waals surface area contributed by atoms with Gasteiger partial charge in [0.15, 0.2) is 0 Å². The van der Waals surface area contributed by atoms with Crippen LogP contribution in [0.5, 0.6) is 0 Å². The van der Waals surface area contributed by atoms with E-state index in [-0.39, 0.29) is 0 Å². The van der Waals surface area contributed by atoms with Crippen LogP contribution in [0.4, 0.5) is 0 Å². The van der Waals surface area contributed by atoms with E-state index in [9.17, 15) is 8.42 Å². The van der Waals surface area contributed by atoms with Crippen molar-refractivity contribution in [2.45, 2.75) is 13.3 Å². The van der Waals surface area contributed by atoms with Crippen LogP contribution in [0.15, 0.2) is 10.9 Å². The van der Waals surface area contributed by atoms with Crippen molar-refractivity contribution in [2.75, 3.05) is 13.1 Å². The first-order valence-electron chi connectivity index (χ1n) is 4.25. The molecule has 80 valence electrons. The molecule has 0 fully saturated rings. The highest BCUT2D eigenvalue weighted by Gasteiger charge is 2.06. The maximum atomic E-state index is 11.1. The van der Waals surface area contributed by atoms with Crippen LogP contribution in [0.1, 0.15) is 12.6 Å². The largest absolute Gasteiger partial charge is 0.276 e. The van der Waals surface area contributed by atoms with Crippen molar-refractivity contribution in [3.63, 3.8) is 0 Å². The number of thiazole rings is 1. The Morgan fingerprint density at radius 2 is 2.29 bits per heavy atom. The molecule has 2 N–H and O–H groups in total. The second-order valence-electron chi connectivity index (χ2n) is 2.63. The molecule has 0 spiro atoms. The number of nitrogens with zero attached hydrogens (tertiary/aromatic N) is 1. The Kier molecular flexibility index (Phi) is 4.46. The average Bonchev–Trinajstić information content (AvgIpc) is 2.56. The quantitative estimate of drug-likeness (QED) is 0.736. The summed E-state index contributed by atoms with van der Waals surface area (Å²) in [6.45, 7) is 2.50. The van der Waals surface area contributed by atoms with Gasteiger partial charge in [0, 0.05) is 24.9 Å². The maximum absolute atomic E-state index is 11.1. The molecule has 0 aromatic carbocycles. The minimum atomic E-state index is -3.31. The Hall–Kier alpha value is -0.500. The summed E-state index contributed by atoms with van der Waals surface area (Å²) in [6.07, 6.45) is 0.619. The highest BCUT2D eigenvalue weighted by Crippen LogP contribution is 2.00. The summed E-state index contributed by atoms with van der Waals surface area (Å²) < 4.78 is 27.0. The van der Waals surface area contributed by atoms with Gasteiger partial charge < -0.3 is 0 Å². The first kappa shape index (κ1) is 11.6. The van der Waals surface area contributed by atoms with Gasteiger partial charge in [-0.25, -0.2) is 14.4 Å². The smallest absolute Gasteiger partial charge is 0.250 e. The normalized spacial score (nSPS) is 11.8. The summed E-state index contributed by atoms with van der Waals surface area (Å²) in [5, 5.41) is 1.90. The topological polar surface area (TPSA) is 71.1 Å². The van der Waals surface area contributed by atoms with E-state index in [0.717, 1.165) is 5.69 Å². The maximum Gasteiger partial charge on any atom is 0.276 e. The molecule has 1 aromatic heterocycles. The minimum Gasteiger partial charge on any atom is -0.250 e. The Morgan fingerprint density at radius 3 is 2.86 bits per heavy atom. The van der Waals surface area contributed by atoms with Crippen molar-refractivity contribution in [1.82, 2.24) is 14.4 Å². The summed E-state index contributed by atoms with van der Waals surface area (Å²) in [4.78, 5) is 4.05. The number of hydrogen-bond donors (Lipinski definition) is 2.